The minimum atomic E-state index is 0.317. The van der Waals surface area contributed by atoms with Gasteiger partial charge in [0.1, 0.15) is 16.0 Å². The van der Waals surface area contributed by atoms with Gasteiger partial charge in [-0.15, -0.1) is 0 Å². The first-order valence-electron chi connectivity index (χ1n) is 10.1. The van der Waals surface area contributed by atoms with Crippen molar-refractivity contribution in [3.8, 4) is 0 Å². The summed E-state index contributed by atoms with van der Waals surface area (Å²) in [6, 6.07) is 1.86. The molecule has 1 aliphatic heterocycles. The van der Waals surface area contributed by atoms with Gasteiger partial charge in [-0.2, -0.15) is 0 Å². The van der Waals surface area contributed by atoms with Gasteiger partial charge < -0.3 is 4.90 Å². The molecule has 0 radical (unpaired) electrons. The van der Waals surface area contributed by atoms with E-state index in [0.29, 0.717) is 15.6 Å². The number of aryl methyl sites for hydroxylation is 1. The Morgan fingerprint density at radius 2 is 2.00 bits per heavy atom. The summed E-state index contributed by atoms with van der Waals surface area (Å²) in [7, 11) is 0. The predicted octanol–water partition coefficient (Wildman–Crippen LogP) is 6.30. The highest BCUT2D eigenvalue weighted by molar-refractivity contribution is 7.99. The van der Waals surface area contributed by atoms with Crippen molar-refractivity contribution in [2.24, 2.45) is 11.3 Å². The molecule has 0 bridgehead atoms. The van der Waals surface area contributed by atoms with Gasteiger partial charge in [0.05, 0.1) is 16.9 Å². The van der Waals surface area contributed by atoms with Gasteiger partial charge in [0, 0.05) is 24.2 Å². The second-order valence-corrected chi connectivity index (χ2v) is 9.76. The molecule has 0 aromatic carbocycles. The van der Waals surface area contributed by atoms with Crippen LogP contribution in [0.3, 0.4) is 0 Å². The third-order valence-corrected chi connectivity index (χ3v) is 8.56. The van der Waals surface area contributed by atoms with E-state index in [1.54, 1.807) is 6.20 Å². The van der Waals surface area contributed by atoms with Gasteiger partial charge in [0.2, 0.25) is 0 Å². The molecule has 1 saturated carbocycles. The maximum atomic E-state index is 6.29. The van der Waals surface area contributed by atoms with E-state index < -0.39 is 0 Å². The van der Waals surface area contributed by atoms with Crippen molar-refractivity contribution in [1.29, 1.82) is 0 Å². The Kier molecular flexibility index (Phi) is 6.05. The lowest BCUT2D eigenvalue weighted by molar-refractivity contribution is 0.161. The van der Waals surface area contributed by atoms with Crippen LogP contribution in [0.2, 0.25) is 10.2 Å². The summed E-state index contributed by atoms with van der Waals surface area (Å²) in [5, 5.41) is 1.67. The number of nitrogens with zero attached hydrogens (tertiary/aromatic N) is 4. The van der Waals surface area contributed by atoms with E-state index in [1.807, 2.05) is 12.3 Å². The number of hydrogen-bond acceptors (Lipinski definition) is 5. The molecule has 2 aromatic heterocycles. The molecule has 1 aliphatic carbocycles. The van der Waals surface area contributed by atoms with E-state index in [4.69, 9.17) is 33.2 Å². The van der Waals surface area contributed by atoms with Crippen molar-refractivity contribution in [2.75, 3.05) is 18.0 Å². The fraction of sp³-hybridized carbons (Fsp3) is 0.571. The van der Waals surface area contributed by atoms with Crippen LogP contribution in [0.15, 0.2) is 28.4 Å². The van der Waals surface area contributed by atoms with Gasteiger partial charge in [-0.3, -0.25) is 0 Å². The van der Waals surface area contributed by atoms with E-state index in [1.165, 1.54) is 43.9 Å². The molecular formula is C21H26Cl2N4S. The highest BCUT2D eigenvalue weighted by atomic mass is 35.5. The maximum absolute atomic E-state index is 6.29. The molecule has 3 heterocycles. The first kappa shape index (κ1) is 20.2. The number of hydrogen-bond donors (Lipinski definition) is 0. The molecule has 4 nitrogen and oxygen atoms in total. The van der Waals surface area contributed by atoms with Crippen LogP contribution in [0.5, 0.6) is 0 Å². The summed E-state index contributed by atoms with van der Waals surface area (Å²) in [5.74, 6) is 1.86. The molecule has 2 fully saturated rings. The van der Waals surface area contributed by atoms with Crippen LogP contribution in [0, 0.1) is 11.3 Å². The van der Waals surface area contributed by atoms with Gasteiger partial charge in [-0.25, -0.2) is 15.0 Å². The van der Waals surface area contributed by atoms with Crippen molar-refractivity contribution in [3.63, 3.8) is 0 Å². The average molecular weight is 437 g/mol. The molecule has 0 unspecified atom stereocenters. The van der Waals surface area contributed by atoms with Crippen molar-refractivity contribution < 1.29 is 0 Å². The Balaban J connectivity index is 1.50. The number of aromatic nitrogens is 3. The van der Waals surface area contributed by atoms with Gasteiger partial charge >= 0.3 is 0 Å². The Morgan fingerprint density at radius 1 is 1.21 bits per heavy atom. The second-order valence-electron chi connectivity index (χ2n) is 7.99. The summed E-state index contributed by atoms with van der Waals surface area (Å²) >= 11 is 13.8. The summed E-state index contributed by atoms with van der Waals surface area (Å²) < 4.78 is 0. The molecule has 1 atom stereocenters. The Bertz CT molecular complexity index is 852. The molecule has 0 amide bonds. The third kappa shape index (κ3) is 3.86. The van der Waals surface area contributed by atoms with Crippen LogP contribution < -0.4 is 4.90 Å². The Hall–Kier alpha value is -1.04. The number of pyridine rings is 1. The van der Waals surface area contributed by atoms with Crippen molar-refractivity contribution in [3.05, 3.63) is 34.3 Å². The SMILES string of the molecule is CCc1nc(N2CCC3(CCC[C@H]3C)CC2)cnc1Sc1ccnc(Cl)c1Cl. The lowest BCUT2D eigenvalue weighted by Crippen LogP contribution is -2.41. The van der Waals surface area contributed by atoms with Gasteiger partial charge in [0.25, 0.3) is 0 Å². The van der Waals surface area contributed by atoms with E-state index in [-0.39, 0.29) is 0 Å². The Labute approximate surface area is 181 Å². The quantitative estimate of drug-likeness (QED) is 0.525. The van der Waals surface area contributed by atoms with Crippen LogP contribution in [0.1, 0.15) is 51.6 Å². The zero-order chi connectivity index (χ0) is 19.7. The normalized spacial score (nSPS) is 21.4. The summed E-state index contributed by atoms with van der Waals surface area (Å²) in [4.78, 5) is 17.0. The van der Waals surface area contributed by atoms with Crippen molar-refractivity contribution in [2.45, 2.75) is 62.3 Å². The highest BCUT2D eigenvalue weighted by Crippen LogP contribution is 2.50. The molecule has 28 heavy (non-hydrogen) atoms. The monoisotopic (exact) mass is 436 g/mol. The van der Waals surface area contributed by atoms with E-state index in [9.17, 15) is 0 Å². The first-order valence-corrected chi connectivity index (χ1v) is 11.7. The van der Waals surface area contributed by atoms with Gasteiger partial charge in [0.15, 0.2) is 0 Å². The lowest BCUT2D eigenvalue weighted by atomic mass is 9.71. The predicted molar refractivity (Wildman–Crippen MR) is 117 cm³/mol. The zero-order valence-electron chi connectivity index (χ0n) is 16.4. The van der Waals surface area contributed by atoms with Crippen LogP contribution >= 0.6 is 35.0 Å². The van der Waals surface area contributed by atoms with E-state index >= 15 is 0 Å². The topological polar surface area (TPSA) is 41.9 Å². The van der Waals surface area contributed by atoms with Crippen LogP contribution in [-0.4, -0.2) is 28.0 Å². The molecular weight excluding hydrogens is 411 g/mol. The summed E-state index contributed by atoms with van der Waals surface area (Å²) in [6.45, 7) is 6.73. The number of halogens is 2. The van der Waals surface area contributed by atoms with Crippen LogP contribution in [0.25, 0.3) is 0 Å². The van der Waals surface area contributed by atoms with E-state index in [2.05, 4.69) is 23.7 Å². The van der Waals surface area contributed by atoms with Gasteiger partial charge in [-0.1, -0.05) is 61.7 Å². The molecule has 2 aliphatic rings. The minimum Gasteiger partial charge on any atom is -0.355 e. The maximum Gasteiger partial charge on any atom is 0.148 e. The largest absolute Gasteiger partial charge is 0.355 e. The van der Waals surface area contributed by atoms with Crippen molar-refractivity contribution >= 4 is 40.8 Å². The molecule has 2 aromatic rings. The summed E-state index contributed by atoms with van der Waals surface area (Å²) in [6.07, 6.45) is 11.2. The fourth-order valence-electron chi connectivity index (χ4n) is 4.70. The third-order valence-electron chi connectivity index (χ3n) is 6.59. The van der Waals surface area contributed by atoms with Gasteiger partial charge in [-0.05, 0) is 43.1 Å². The van der Waals surface area contributed by atoms with Crippen molar-refractivity contribution in [1.82, 2.24) is 15.0 Å². The molecule has 150 valence electrons. The molecule has 4 rings (SSSR count). The molecule has 1 spiro atoms. The Morgan fingerprint density at radius 3 is 2.68 bits per heavy atom. The molecule has 7 heteroatoms. The van der Waals surface area contributed by atoms with Crippen LogP contribution in [-0.2, 0) is 6.42 Å². The molecule has 0 N–H and O–H groups in total. The average Bonchev–Trinajstić information content (AvgIpc) is 3.06. The van der Waals surface area contributed by atoms with Crippen LogP contribution in [0.4, 0.5) is 5.82 Å². The fourth-order valence-corrected chi connectivity index (χ4v) is 6.07. The first-order chi connectivity index (χ1) is 13.5. The van der Waals surface area contributed by atoms with E-state index in [0.717, 1.165) is 46.9 Å². The smallest absolute Gasteiger partial charge is 0.148 e. The zero-order valence-corrected chi connectivity index (χ0v) is 18.7. The lowest BCUT2D eigenvalue weighted by Gasteiger charge is -2.42. The number of piperidine rings is 1. The standard InChI is InChI=1S/C21H26Cl2N4S/c1-3-15-20(28-16-6-10-24-19(23)18(16)22)25-13-17(26-15)27-11-8-21(9-12-27)7-4-5-14(21)2/h6,10,13-14H,3-5,7-9,11-12H2,1-2H3/t14-/m1/s1. The highest BCUT2D eigenvalue weighted by Gasteiger charge is 2.42. The second kappa shape index (κ2) is 8.37. The molecule has 1 saturated heterocycles. The number of rotatable bonds is 4. The number of anilines is 1. The minimum absolute atomic E-state index is 0.317. The summed E-state index contributed by atoms with van der Waals surface area (Å²) in [5.41, 5.74) is 1.58.